The van der Waals surface area contributed by atoms with Crippen molar-refractivity contribution in [3.63, 3.8) is 0 Å². The zero-order chi connectivity index (χ0) is 12.2. The van der Waals surface area contributed by atoms with Gasteiger partial charge in [0.15, 0.2) is 5.82 Å². The summed E-state index contributed by atoms with van der Waals surface area (Å²) >= 11 is 0. The van der Waals surface area contributed by atoms with Crippen molar-refractivity contribution in [3.8, 4) is 0 Å². The van der Waals surface area contributed by atoms with Gasteiger partial charge in [0.1, 0.15) is 0 Å². The predicted octanol–water partition coefficient (Wildman–Crippen LogP) is 2.00. The average molecular weight is 251 g/mol. The maximum Gasteiger partial charge on any atom is 0.226 e. The Kier molecular flexibility index (Phi) is 3.90. The lowest BCUT2D eigenvalue weighted by molar-refractivity contribution is 0.0104. The molecule has 5 nitrogen and oxygen atoms in total. The first kappa shape index (κ1) is 12.1. The van der Waals surface area contributed by atoms with E-state index in [1.807, 2.05) is 0 Å². The maximum absolute atomic E-state index is 5.70. The zero-order valence-corrected chi connectivity index (χ0v) is 10.7. The summed E-state index contributed by atoms with van der Waals surface area (Å²) in [7, 11) is 0. The van der Waals surface area contributed by atoms with Crippen molar-refractivity contribution in [2.45, 2.75) is 57.1 Å². The third kappa shape index (κ3) is 2.90. The fourth-order valence-corrected chi connectivity index (χ4v) is 2.74. The minimum atomic E-state index is 0.299. The molecule has 0 radical (unpaired) electrons. The van der Waals surface area contributed by atoms with Crippen LogP contribution < -0.4 is 5.32 Å². The van der Waals surface area contributed by atoms with Crippen LogP contribution in [0.1, 0.15) is 56.3 Å². The van der Waals surface area contributed by atoms with Crippen LogP contribution in [0.3, 0.4) is 0 Å². The average Bonchev–Trinajstić information content (AvgIpc) is 3.08. The Labute approximate surface area is 107 Å². The van der Waals surface area contributed by atoms with Crippen LogP contribution in [-0.4, -0.2) is 29.4 Å². The van der Waals surface area contributed by atoms with Crippen LogP contribution in [-0.2, 0) is 11.2 Å². The third-order valence-corrected chi connectivity index (χ3v) is 3.81. The maximum atomic E-state index is 5.70. The highest BCUT2D eigenvalue weighted by molar-refractivity contribution is 4.96. The van der Waals surface area contributed by atoms with E-state index in [1.165, 1.54) is 25.7 Å². The molecule has 2 aliphatic heterocycles. The number of aryl methyl sites for hydroxylation is 1. The van der Waals surface area contributed by atoms with Gasteiger partial charge >= 0.3 is 0 Å². The normalized spacial score (nSPS) is 28.7. The molecule has 2 fully saturated rings. The van der Waals surface area contributed by atoms with E-state index in [0.29, 0.717) is 12.1 Å². The van der Waals surface area contributed by atoms with Gasteiger partial charge < -0.3 is 14.6 Å². The molecule has 0 bridgehead atoms. The monoisotopic (exact) mass is 251 g/mol. The fraction of sp³-hybridized carbons (Fsp3) is 0.846. The summed E-state index contributed by atoms with van der Waals surface area (Å²) in [6.45, 7) is 1.97. The summed E-state index contributed by atoms with van der Waals surface area (Å²) < 4.78 is 11.0. The molecule has 5 heteroatoms. The number of nitrogens with zero attached hydrogens (tertiary/aromatic N) is 2. The van der Waals surface area contributed by atoms with Crippen molar-refractivity contribution < 1.29 is 9.26 Å². The van der Waals surface area contributed by atoms with E-state index in [-0.39, 0.29) is 0 Å². The van der Waals surface area contributed by atoms with E-state index >= 15 is 0 Å². The van der Waals surface area contributed by atoms with Crippen molar-refractivity contribution >= 4 is 0 Å². The molecule has 1 N–H and O–H groups in total. The van der Waals surface area contributed by atoms with Gasteiger partial charge in [0.25, 0.3) is 0 Å². The smallest absolute Gasteiger partial charge is 0.226 e. The van der Waals surface area contributed by atoms with E-state index in [0.717, 1.165) is 44.1 Å². The van der Waals surface area contributed by atoms with Crippen molar-refractivity contribution in [2.24, 2.45) is 0 Å². The molecule has 100 valence electrons. The Morgan fingerprint density at radius 1 is 1.22 bits per heavy atom. The van der Waals surface area contributed by atoms with E-state index in [4.69, 9.17) is 9.26 Å². The number of rotatable bonds is 4. The van der Waals surface area contributed by atoms with E-state index in [2.05, 4.69) is 15.5 Å². The molecule has 0 aromatic carbocycles. The van der Waals surface area contributed by atoms with Gasteiger partial charge in [0, 0.05) is 13.0 Å². The molecule has 18 heavy (non-hydrogen) atoms. The fourth-order valence-electron chi connectivity index (χ4n) is 2.74. The summed E-state index contributed by atoms with van der Waals surface area (Å²) in [5, 5.41) is 7.45. The second-order valence-electron chi connectivity index (χ2n) is 5.22. The van der Waals surface area contributed by atoms with Crippen LogP contribution in [0.4, 0.5) is 0 Å². The summed E-state index contributed by atoms with van der Waals surface area (Å²) in [6.07, 6.45) is 8.20. The second-order valence-corrected chi connectivity index (χ2v) is 5.22. The van der Waals surface area contributed by atoms with Gasteiger partial charge in [-0.1, -0.05) is 5.16 Å². The molecule has 0 aliphatic carbocycles. The lowest BCUT2D eigenvalue weighted by atomic mass is 10.0. The lowest BCUT2D eigenvalue weighted by Crippen LogP contribution is -2.19. The quantitative estimate of drug-likeness (QED) is 0.886. The molecule has 3 rings (SSSR count). The van der Waals surface area contributed by atoms with Crippen LogP contribution in [0, 0.1) is 0 Å². The van der Waals surface area contributed by atoms with Crippen LogP contribution in [0.15, 0.2) is 4.52 Å². The molecule has 1 aromatic heterocycles. The number of nitrogens with one attached hydrogen (secondary N) is 1. The first-order valence-corrected chi connectivity index (χ1v) is 7.09. The number of aromatic nitrogens is 2. The Bertz CT molecular complexity index is 368. The van der Waals surface area contributed by atoms with Gasteiger partial charge in [-0.2, -0.15) is 4.98 Å². The highest BCUT2D eigenvalue weighted by atomic mass is 16.5. The Balaban J connectivity index is 1.50. The minimum Gasteiger partial charge on any atom is -0.378 e. The van der Waals surface area contributed by atoms with E-state index in [1.54, 1.807) is 0 Å². The summed E-state index contributed by atoms with van der Waals surface area (Å²) in [5.74, 6) is 1.58. The third-order valence-electron chi connectivity index (χ3n) is 3.81. The molecule has 2 aliphatic rings. The van der Waals surface area contributed by atoms with Gasteiger partial charge in [-0.3, -0.25) is 0 Å². The molecule has 2 atom stereocenters. The first-order valence-electron chi connectivity index (χ1n) is 7.09. The highest BCUT2D eigenvalue weighted by Gasteiger charge is 2.22. The molecule has 0 saturated carbocycles. The molecule has 1 aromatic rings. The number of ether oxygens (including phenoxy) is 1. The summed E-state index contributed by atoms with van der Waals surface area (Å²) in [4.78, 5) is 4.48. The predicted molar refractivity (Wildman–Crippen MR) is 66.2 cm³/mol. The SMILES string of the molecule is C1CCC(CCc2nc(C3CCCN3)no2)OC1. The molecule has 3 heterocycles. The standard InChI is InChI=1S/C13H21N3O2/c1-2-9-17-10(4-1)6-7-12-15-13(16-18-12)11-5-3-8-14-11/h10-11,14H,1-9H2. The van der Waals surface area contributed by atoms with Gasteiger partial charge in [-0.15, -0.1) is 0 Å². The molecular weight excluding hydrogens is 230 g/mol. The Morgan fingerprint density at radius 2 is 2.22 bits per heavy atom. The van der Waals surface area contributed by atoms with Crippen molar-refractivity contribution in [1.29, 1.82) is 0 Å². The van der Waals surface area contributed by atoms with E-state index in [9.17, 15) is 0 Å². The van der Waals surface area contributed by atoms with Crippen LogP contribution >= 0.6 is 0 Å². The Hall–Kier alpha value is -0.940. The highest BCUT2D eigenvalue weighted by Crippen LogP contribution is 2.21. The zero-order valence-electron chi connectivity index (χ0n) is 10.7. The molecule has 2 saturated heterocycles. The lowest BCUT2D eigenvalue weighted by Gasteiger charge is -2.21. The summed E-state index contributed by atoms with van der Waals surface area (Å²) in [6, 6.07) is 0.299. The molecule has 0 spiro atoms. The summed E-state index contributed by atoms with van der Waals surface area (Å²) in [5.41, 5.74) is 0. The molecular formula is C13H21N3O2. The van der Waals surface area contributed by atoms with Crippen molar-refractivity contribution in [3.05, 3.63) is 11.7 Å². The van der Waals surface area contributed by atoms with Crippen LogP contribution in [0.25, 0.3) is 0 Å². The van der Waals surface area contributed by atoms with Crippen LogP contribution in [0.5, 0.6) is 0 Å². The Morgan fingerprint density at radius 3 is 3.00 bits per heavy atom. The van der Waals surface area contributed by atoms with Crippen molar-refractivity contribution in [1.82, 2.24) is 15.5 Å². The molecule has 0 amide bonds. The van der Waals surface area contributed by atoms with Crippen molar-refractivity contribution in [2.75, 3.05) is 13.2 Å². The van der Waals surface area contributed by atoms with E-state index < -0.39 is 0 Å². The van der Waals surface area contributed by atoms with Gasteiger partial charge in [0.2, 0.25) is 5.89 Å². The largest absolute Gasteiger partial charge is 0.378 e. The van der Waals surface area contributed by atoms with Gasteiger partial charge in [-0.05, 0) is 45.1 Å². The number of hydrogen-bond acceptors (Lipinski definition) is 5. The minimum absolute atomic E-state index is 0.299. The first-order chi connectivity index (χ1) is 8.92. The topological polar surface area (TPSA) is 60.2 Å². The van der Waals surface area contributed by atoms with Crippen LogP contribution in [0.2, 0.25) is 0 Å². The second kappa shape index (κ2) is 5.80. The van der Waals surface area contributed by atoms with Gasteiger partial charge in [0.05, 0.1) is 12.1 Å². The van der Waals surface area contributed by atoms with Gasteiger partial charge in [-0.25, -0.2) is 0 Å². The molecule has 2 unspecified atom stereocenters. The number of hydrogen-bond donors (Lipinski definition) is 1.